The molecule has 1 aliphatic heterocycles. The maximum absolute atomic E-state index is 12.8. The van der Waals surface area contributed by atoms with E-state index in [0.29, 0.717) is 53.9 Å². The molecule has 1 aromatic heterocycles. The monoisotopic (exact) mass is 510 g/mol. The highest BCUT2D eigenvalue weighted by Gasteiger charge is 2.24. The fraction of sp³-hybridized carbons (Fsp3) is 0.296. The Morgan fingerprint density at radius 1 is 0.914 bits per heavy atom. The van der Waals surface area contributed by atoms with Gasteiger partial charge in [-0.1, -0.05) is 53.5 Å². The molecule has 0 bridgehead atoms. The van der Waals surface area contributed by atoms with Crippen LogP contribution in [0.25, 0.3) is 0 Å². The lowest BCUT2D eigenvalue weighted by atomic mass is 10.1. The molecule has 1 saturated heterocycles. The molecular weight excluding hydrogens is 483 g/mol. The molecule has 0 unspecified atom stereocenters. The minimum absolute atomic E-state index is 0.102. The van der Waals surface area contributed by atoms with Gasteiger partial charge in [-0.15, -0.1) is 0 Å². The smallest absolute Gasteiger partial charge is 0.255 e. The highest BCUT2D eigenvalue weighted by molar-refractivity contribution is 6.36. The van der Waals surface area contributed by atoms with E-state index >= 15 is 0 Å². The third-order valence-electron chi connectivity index (χ3n) is 6.08. The molecule has 2 heterocycles. The number of halogens is 2. The molecule has 4 rings (SSSR count). The van der Waals surface area contributed by atoms with Gasteiger partial charge < -0.3 is 15.1 Å². The van der Waals surface area contributed by atoms with Crippen LogP contribution in [0.5, 0.6) is 0 Å². The van der Waals surface area contributed by atoms with Crippen LogP contribution >= 0.6 is 23.2 Å². The van der Waals surface area contributed by atoms with Crippen LogP contribution in [0, 0.1) is 0 Å². The van der Waals surface area contributed by atoms with Crippen LogP contribution in [0.2, 0.25) is 10.0 Å². The van der Waals surface area contributed by atoms with E-state index in [-0.39, 0.29) is 11.8 Å². The Morgan fingerprint density at radius 3 is 2.37 bits per heavy atom. The van der Waals surface area contributed by atoms with Crippen molar-refractivity contribution in [3.8, 4) is 0 Å². The Hall–Kier alpha value is -3.09. The zero-order valence-electron chi connectivity index (χ0n) is 19.4. The number of rotatable bonds is 8. The first-order chi connectivity index (χ1) is 17.0. The standard InChI is InChI=1S/C27H28Cl2N4O2/c28-22-10-11-23(24(29)18-22)27(35)33-16-14-32(15-17-33)25-12-9-21(19-31-25)26(34)30-13-5-4-8-20-6-2-1-3-7-20/h1-3,6-7,9-12,18-19H,4-5,8,13-17H2,(H,30,34). The van der Waals surface area contributed by atoms with E-state index in [1.807, 2.05) is 24.3 Å². The summed E-state index contributed by atoms with van der Waals surface area (Å²) in [4.78, 5) is 33.6. The number of piperazine rings is 1. The highest BCUT2D eigenvalue weighted by atomic mass is 35.5. The van der Waals surface area contributed by atoms with Crippen molar-refractivity contribution >= 4 is 40.8 Å². The van der Waals surface area contributed by atoms with Crippen LogP contribution in [-0.4, -0.2) is 54.4 Å². The number of hydrogen-bond donors (Lipinski definition) is 1. The molecule has 0 saturated carbocycles. The number of carbonyl (C=O) groups excluding carboxylic acids is 2. The largest absolute Gasteiger partial charge is 0.353 e. The number of carbonyl (C=O) groups is 2. The number of pyridine rings is 1. The normalized spacial score (nSPS) is 13.5. The molecule has 0 atom stereocenters. The molecule has 8 heteroatoms. The average Bonchev–Trinajstić information content (AvgIpc) is 2.89. The molecule has 1 fully saturated rings. The van der Waals surface area contributed by atoms with Gasteiger partial charge in [0.2, 0.25) is 0 Å². The maximum Gasteiger partial charge on any atom is 0.255 e. The number of nitrogens with one attached hydrogen (secondary N) is 1. The number of aryl methyl sites for hydroxylation is 1. The second-order valence-electron chi connectivity index (χ2n) is 8.51. The van der Waals surface area contributed by atoms with Gasteiger partial charge in [0.15, 0.2) is 0 Å². The predicted octanol–water partition coefficient (Wildman–Crippen LogP) is 5.10. The quantitative estimate of drug-likeness (QED) is 0.428. The van der Waals surface area contributed by atoms with Crippen LogP contribution < -0.4 is 10.2 Å². The number of nitrogens with zero attached hydrogens (tertiary/aromatic N) is 3. The summed E-state index contributed by atoms with van der Waals surface area (Å²) < 4.78 is 0. The van der Waals surface area contributed by atoms with Crippen molar-refractivity contribution in [2.45, 2.75) is 19.3 Å². The van der Waals surface area contributed by atoms with Crippen molar-refractivity contribution < 1.29 is 9.59 Å². The number of amides is 2. The molecule has 0 aliphatic carbocycles. The van der Waals surface area contributed by atoms with Gasteiger partial charge in [-0.25, -0.2) is 4.98 Å². The second kappa shape index (κ2) is 12.0. The first kappa shape index (κ1) is 25.0. The number of anilines is 1. The van der Waals surface area contributed by atoms with E-state index in [0.717, 1.165) is 25.1 Å². The Bertz CT molecular complexity index is 1150. The van der Waals surface area contributed by atoms with Crippen LogP contribution in [-0.2, 0) is 6.42 Å². The zero-order valence-corrected chi connectivity index (χ0v) is 20.9. The zero-order chi connectivity index (χ0) is 24.6. The molecule has 2 amide bonds. The van der Waals surface area contributed by atoms with Crippen LogP contribution in [0.3, 0.4) is 0 Å². The third-order valence-corrected chi connectivity index (χ3v) is 6.63. The van der Waals surface area contributed by atoms with Crippen LogP contribution in [0.4, 0.5) is 5.82 Å². The first-order valence-electron chi connectivity index (χ1n) is 11.8. The molecule has 6 nitrogen and oxygen atoms in total. The summed E-state index contributed by atoms with van der Waals surface area (Å²) in [5.74, 6) is 0.579. The molecule has 0 spiro atoms. The summed E-state index contributed by atoms with van der Waals surface area (Å²) in [5.41, 5.74) is 2.32. The van der Waals surface area contributed by atoms with E-state index in [4.69, 9.17) is 23.2 Å². The molecule has 0 radical (unpaired) electrons. The van der Waals surface area contributed by atoms with Crippen molar-refractivity contribution in [1.29, 1.82) is 0 Å². The summed E-state index contributed by atoms with van der Waals surface area (Å²) in [5, 5.41) is 3.83. The van der Waals surface area contributed by atoms with Gasteiger partial charge in [-0.2, -0.15) is 0 Å². The van der Waals surface area contributed by atoms with E-state index in [1.165, 1.54) is 5.56 Å². The summed E-state index contributed by atoms with van der Waals surface area (Å²) in [6.45, 7) is 3.06. The predicted molar refractivity (Wildman–Crippen MR) is 141 cm³/mol. The van der Waals surface area contributed by atoms with Gasteiger partial charge >= 0.3 is 0 Å². The van der Waals surface area contributed by atoms with Crippen molar-refractivity contribution in [1.82, 2.24) is 15.2 Å². The SMILES string of the molecule is O=C(NCCCCc1ccccc1)c1ccc(N2CCN(C(=O)c3ccc(Cl)cc3Cl)CC2)nc1. The van der Waals surface area contributed by atoms with Gasteiger partial charge in [0.1, 0.15) is 5.82 Å². The fourth-order valence-corrected chi connectivity index (χ4v) is 4.57. The topological polar surface area (TPSA) is 65.5 Å². The number of unbranched alkanes of at least 4 members (excludes halogenated alkanes) is 1. The lowest BCUT2D eigenvalue weighted by molar-refractivity contribution is 0.0746. The van der Waals surface area contributed by atoms with Crippen molar-refractivity contribution in [3.05, 3.63) is 93.6 Å². The second-order valence-corrected chi connectivity index (χ2v) is 9.35. The molecular formula is C27H28Cl2N4O2. The lowest BCUT2D eigenvalue weighted by Crippen LogP contribution is -2.49. The van der Waals surface area contributed by atoms with Crippen molar-refractivity contribution in [2.75, 3.05) is 37.6 Å². The third kappa shape index (κ3) is 6.74. The highest BCUT2D eigenvalue weighted by Crippen LogP contribution is 2.23. The van der Waals surface area contributed by atoms with Crippen molar-refractivity contribution in [2.24, 2.45) is 0 Å². The van der Waals surface area contributed by atoms with E-state index < -0.39 is 0 Å². The van der Waals surface area contributed by atoms with Crippen LogP contribution in [0.15, 0.2) is 66.9 Å². The molecule has 1 aliphatic rings. The minimum atomic E-state index is -0.112. The summed E-state index contributed by atoms with van der Waals surface area (Å²) >= 11 is 12.1. The van der Waals surface area contributed by atoms with Gasteiger partial charge in [0.05, 0.1) is 16.1 Å². The Labute approximate surface area is 215 Å². The summed E-state index contributed by atoms with van der Waals surface area (Å²) in [7, 11) is 0. The van der Waals surface area contributed by atoms with Gasteiger partial charge in [-0.3, -0.25) is 9.59 Å². The first-order valence-corrected chi connectivity index (χ1v) is 12.5. The van der Waals surface area contributed by atoms with Gasteiger partial charge in [0, 0.05) is 43.9 Å². The van der Waals surface area contributed by atoms with Gasteiger partial charge in [0.25, 0.3) is 11.8 Å². The minimum Gasteiger partial charge on any atom is -0.353 e. The summed E-state index contributed by atoms with van der Waals surface area (Å²) in [6, 6.07) is 18.9. The van der Waals surface area contributed by atoms with Crippen molar-refractivity contribution in [3.63, 3.8) is 0 Å². The van der Waals surface area contributed by atoms with E-state index in [9.17, 15) is 9.59 Å². The van der Waals surface area contributed by atoms with E-state index in [2.05, 4.69) is 27.3 Å². The Balaban J connectivity index is 1.21. The summed E-state index contributed by atoms with van der Waals surface area (Å²) in [6.07, 6.45) is 4.58. The van der Waals surface area contributed by atoms with E-state index in [1.54, 1.807) is 35.4 Å². The number of aromatic nitrogens is 1. The molecule has 1 N–H and O–H groups in total. The fourth-order valence-electron chi connectivity index (χ4n) is 4.08. The molecule has 35 heavy (non-hydrogen) atoms. The van der Waals surface area contributed by atoms with Gasteiger partial charge in [-0.05, 0) is 55.2 Å². The Morgan fingerprint density at radius 2 is 1.69 bits per heavy atom. The number of benzene rings is 2. The number of hydrogen-bond acceptors (Lipinski definition) is 4. The molecule has 3 aromatic rings. The lowest BCUT2D eigenvalue weighted by Gasteiger charge is -2.35. The molecule has 182 valence electrons. The molecule has 2 aromatic carbocycles. The van der Waals surface area contributed by atoms with Crippen LogP contribution in [0.1, 0.15) is 39.1 Å². The Kier molecular flexibility index (Phi) is 8.61. The average molecular weight is 511 g/mol. The maximum atomic E-state index is 12.8.